The number of hydrogen-bond donors (Lipinski definition) is 2. The molecule has 1 saturated heterocycles. The van der Waals surface area contributed by atoms with Crippen molar-refractivity contribution in [3.05, 3.63) is 53.8 Å². The van der Waals surface area contributed by atoms with E-state index in [1.165, 1.54) is 12.1 Å². The Morgan fingerprint density at radius 1 is 1.12 bits per heavy atom. The van der Waals surface area contributed by atoms with Crippen LogP contribution < -0.4 is 20.1 Å². The summed E-state index contributed by atoms with van der Waals surface area (Å²) in [5, 5.41) is 6.63. The highest BCUT2D eigenvalue weighted by molar-refractivity contribution is 14.0. The lowest BCUT2D eigenvalue weighted by molar-refractivity contribution is 0.0180. The zero-order valence-corrected chi connectivity index (χ0v) is 21.8. The quantitative estimate of drug-likeness (QED) is 0.266. The minimum absolute atomic E-state index is 0. The van der Waals surface area contributed by atoms with E-state index in [1.54, 1.807) is 7.11 Å². The monoisotopic (exact) mass is 572 g/mol. The van der Waals surface area contributed by atoms with Gasteiger partial charge in [-0.15, -0.1) is 24.0 Å². The maximum Gasteiger partial charge on any atom is 0.195 e. The van der Waals surface area contributed by atoms with Crippen molar-refractivity contribution in [2.75, 3.05) is 58.4 Å². The summed E-state index contributed by atoms with van der Waals surface area (Å²) in [6.45, 7) is 8.78. The molecule has 2 aromatic carbocycles. The fourth-order valence-corrected chi connectivity index (χ4v) is 3.65. The molecular formula is C24H34FIN4O3. The van der Waals surface area contributed by atoms with Crippen molar-refractivity contribution >= 4 is 35.6 Å². The molecule has 9 heteroatoms. The molecule has 1 fully saturated rings. The Balaban J connectivity index is 0.00000385. The van der Waals surface area contributed by atoms with E-state index in [0.717, 1.165) is 30.9 Å². The second-order valence-electron chi connectivity index (χ2n) is 7.36. The first-order chi connectivity index (χ1) is 15.6. The Labute approximate surface area is 212 Å². The summed E-state index contributed by atoms with van der Waals surface area (Å²) >= 11 is 0. The third-order valence-corrected chi connectivity index (χ3v) is 5.23. The Bertz CT molecular complexity index is 877. The summed E-state index contributed by atoms with van der Waals surface area (Å²) in [6, 6.07) is 12.4. The molecule has 2 N–H and O–H groups in total. The number of halogens is 2. The van der Waals surface area contributed by atoms with Crippen LogP contribution in [-0.4, -0.2) is 64.0 Å². The average molecular weight is 572 g/mol. The van der Waals surface area contributed by atoms with Gasteiger partial charge >= 0.3 is 0 Å². The van der Waals surface area contributed by atoms with Gasteiger partial charge in [-0.05, 0) is 43.7 Å². The molecule has 7 nitrogen and oxygen atoms in total. The van der Waals surface area contributed by atoms with Crippen LogP contribution in [0.4, 0.5) is 10.1 Å². The number of benzene rings is 2. The van der Waals surface area contributed by atoms with Crippen LogP contribution >= 0.6 is 24.0 Å². The highest BCUT2D eigenvalue weighted by atomic mass is 127. The molecule has 0 aliphatic carbocycles. The minimum atomic E-state index is -0.238. The number of guanidine groups is 1. The summed E-state index contributed by atoms with van der Waals surface area (Å²) in [5.74, 6) is 1.79. The molecule has 0 bridgehead atoms. The van der Waals surface area contributed by atoms with Gasteiger partial charge in [0, 0.05) is 31.4 Å². The SMILES string of the molecule is CCNC(=NCC(c1ccc(F)cc1)N1CCOCC1)Nc1ccc(OCC)c(OC)c1.I. The maximum atomic E-state index is 13.5. The second kappa shape index (κ2) is 14.2. The molecule has 1 heterocycles. The van der Waals surface area contributed by atoms with Crippen molar-refractivity contribution in [2.45, 2.75) is 19.9 Å². The predicted octanol–water partition coefficient (Wildman–Crippen LogP) is 4.30. The van der Waals surface area contributed by atoms with Crippen LogP contribution in [-0.2, 0) is 4.74 Å². The number of aliphatic imine (C=N–C) groups is 1. The molecule has 0 spiro atoms. The first-order valence-electron chi connectivity index (χ1n) is 11.1. The van der Waals surface area contributed by atoms with Crippen LogP contribution in [0.1, 0.15) is 25.5 Å². The largest absolute Gasteiger partial charge is 0.493 e. The van der Waals surface area contributed by atoms with Crippen molar-refractivity contribution in [1.29, 1.82) is 0 Å². The highest BCUT2D eigenvalue weighted by Crippen LogP contribution is 2.30. The van der Waals surface area contributed by atoms with E-state index < -0.39 is 0 Å². The van der Waals surface area contributed by atoms with E-state index in [-0.39, 0.29) is 35.8 Å². The van der Waals surface area contributed by atoms with Crippen LogP contribution in [0.15, 0.2) is 47.5 Å². The molecule has 1 aliphatic rings. The molecule has 33 heavy (non-hydrogen) atoms. The number of nitrogens with one attached hydrogen (secondary N) is 2. The van der Waals surface area contributed by atoms with Gasteiger partial charge in [0.25, 0.3) is 0 Å². The molecule has 1 atom stereocenters. The summed E-state index contributed by atoms with van der Waals surface area (Å²) in [5.41, 5.74) is 1.88. The summed E-state index contributed by atoms with van der Waals surface area (Å²) < 4.78 is 30.0. The van der Waals surface area contributed by atoms with Crippen molar-refractivity contribution in [3.63, 3.8) is 0 Å². The van der Waals surface area contributed by atoms with Gasteiger partial charge < -0.3 is 24.8 Å². The molecular weight excluding hydrogens is 538 g/mol. The number of morpholine rings is 1. The van der Waals surface area contributed by atoms with Crippen LogP contribution in [0.2, 0.25) is 0 Å². The summed E-state index contributed by atoms with van der Waals surface area (Å²) in [7, 11) is 1.62. The molecule has 0 aromatic heterocycles. The Morgan fingerprint density at radius 3 is 2.48 bits per heavy atom. The van der Waals surface area contributed by atoms with Gasteiger partial charge in [-0.2, -0.15) is 0 Å². The lowest BCUT2D eigenvalue weighted by Gasteiger charge is -2.34. The first kappa shape index (κ1) is 27.1. The average Bonchev–Trinajstić information content (AvgIpc) is 2.82. The molecule has 0 radical (unpaired) electrons. The van der Waals surface area contributed by atoms with Crippen molar-refractivity contribution in [3.8, 4) is 11.5 Å². The third kappa shape index (κ3) is 8.01. The number of ether oxygens (including phenoxy) is 3. The number of hydrogen-bond acceptors (Lipinski definition) is 5. The Kier molecular flexibility index (Phi) is 11.7. The van der Waals surface area contributed by atoms with E-state index in [9.17, 15) is 4.39 Å². The predicted molar refractivity (Wildman–Crippen MR) is 141 cm³/mol. The zero-order valence-electron chi connectivity index (χ0n) is 19.5. The van der Waals surface area contributed by atoms with E-state index in [0.29, 0.717) is 43.8 Å². The lowest BCUT2D eigenvalue weighted by atomic mass is 10.0. The zero-order chi connectivity index (χ0) is 22.8. The highest BCUT2D eigenvalue weighted by Gasteiger charge is 2.22. The fraction of sp³-hybridized carbons (Fsp3) is 0.458. The molecule has 3 rings (SSSR count). The van der Waals surface area contributed by atoms with Crippen molar-refractivity contribution in [1.82, 2.24) is 10.2 Å². The lowest BCUT2D eigenvalue weighted by Crippen LogP contribution is -2.41. The van der Waals surface area contributed by atoms with E-state index in [4.69, 9.17) is 19.2 Å². The summed E-state index contributed by atoms with van der Waals surface area (Å²) in [4.78, 5) is 7.18. The van der Waals surface area contributed by atoms with E-state index in [1.807, 2.05) is 44.2 Å². The Morgan fingerprint density at radius 2 is 1.85 bits per heavy atom. The van der Waals surface area contributed by atoms with Gasteiger partial charge in [0.2, 0.25) is 0 Å². The van der Waals surface area contributed by atoms with Gasteiger partial charge in [0.1, 0.15) is 5.82 Å². The standard InChI is InChI=1S/C24H33FN4O3.HI/c1-4-26-24(28-20-10-11-22(32-5-2)23(16-20)30-3)27-17-21(29-12-14-31-15-13-29)18-6-8-19(25)9-7-18;/h6-11,16,21H,4-5,12-15,17H2,1-3H3,(H2,26,27,28);1H. The van der Waals surface area contributed by atoms with Crippen LogP contribution in [0.25, 0.3) is 0 Å². The van der Waals surface area contributed by atoms with E-state index in [2.05, 4.69) is 15.5 Å². The smallest absolute Gasteiger partial charge is 0.195 e. The second-order valence-corrected chi connectivity index (χ2v) is 7.36. The molecule has 1 aliphatic heterocycles. The van der Waals surface area contributed by atoms with Gasteiger partial charge in [-0.1, -0.05) is 12.1 Å². The molecule has 0 saturated carbocycles. The first-order valence-corrected chi connectivity index (χ1v) is 11.1. The van der Waals surface area contributed by atoms with Crippen LogP contribution in [0.5, 0.6) is 11.5 Å². The van der Waals surface area contributed by atoms with Gasteiger partial charge in [-0.25, -0.2) is 4.39 Å². The molecule has 2 aromatic rings. The molecule has 0 amide bonds. The van der Waals surface area contributed by atoms with E-state index >= 15 is 0 Å². The third-order valence-electron chi connectivity index (χ3n) is 5.23. The molecule has 182 valence electrons. The van der Waals surface area contributed by atoms with Crippen LogP contribution in [0, 0.1) is 5.82 Å². The Hall–Kier alpha value is -2.11. The van der Waals surface area contributed by atoms with Gasteiger partial charge in [0.15, 0.2) is 17.5 Å². The minimum Gasteiger partial charge on any atom is -0.493 e. The number of rotatable bonds is 9. The normalized spacial score (nSPS) is 15.3. The van der Waals surface area contributed by atoms with Gasteiger partial charge in [0.05, 0.1) is 39.5 Å². The topological polar surface area (TPSA) is 67.4 Å². The number of methoxy groups -OCH3 is 1. The van der Waals surface area contributed by atoms with Crippen molar-refractivity contribution < 1.29 is 18.6 Å². The fourth-order valence-electron chi connectivity index (χ4n) is 3.65. The number of anilines is 1. The molecule has 1 unspecified atom stereocenters. The summed E-state index contributed by atoms with van der Waals surface area (Å²) in [6.07, 6.45) is 0. The van der Waals surface area contributed by atoms with Gasteiger partial charge in [-0.3, -0.25) is 9.89 Å². The van der Waals surface area contributed by atoms with Crippen molar-refractivity contribution in [2.24, 2.45) is 4.99 Å². The maximum absolute atomic E-state index is 13.5. The number of nitrogens with zero attached hydrogens (tertiary/aromatic N) is 2. The van der Waals surface area contributed by atoms with Crippen LogP contribution in [0.3, 0.4) is 0 Å².